The van der Waals surface area contributed by atoms with Crippen LogP contribution in [0.1, 0.15) is 22.4 Å². The highest BCUT2D eigenvalue weighted by Gasteiger charge is 2.23. The van der Waals surface area contributed by atoms with Gasteiger partial charge in [0.25, 0.3) is 0 Å². The molecule has 2 aromatic carbocycles. The molecule has 1 nitrogen and oxygen atoms in total. The van der Waals surface area contributed by atoms with E-state index < -0.39 is 0 Å². The van der Waals surface area contributed by atoms with Crippen LogP contribution < -0.4 is 0 Å². The smallest absolute Gasteiger partial charge is 0.0379 e. The van der Waals surface area contributed by atoms with Crippen molar-refractivity contribution in [2.24, 2.45) is 0 Å². The summed E-state index contributed by atoms with van der Waals surface area (Å²) in [6.45, 7) is 2.04. The van der Waals surface area contributed by atoms with E-state index in [1.54, 1.807) is 0 Å². The minimum Gasteiger partial charge on any atom is -0.261 e. The van der Waals surface area contributed by atoms with Gasteiger partial charge in [0.2, 0.25) is 0 Å². The van der Waals surface area contributed by atoms with Gasteiger partial charge in [-0.1, -0.05) is 54.6 Å². The minimum absolute atomic E-state index is 1.06. The predicted molar refractivity (Wildman–Crippen MR) is 87.8 cm³/mol. The Bertz CT molecular complexity index is 845. The normalized spacial score (nSPS) is 14.0. The number of benzene rings is 2. The first kappa shape index (κ1) is 12.1. The van der Waals surface area contributed by atoms with Gasteiger partial charge in [-0.2, -0.15) is 0 Å². The standard InChI is InChI=1S/C20H15N/c1-14-11-18-16-9-5-6-10-17(16)19(20(18)13-21-14)12-15-7-3-2-4-8-15/h2-13H,1H3. The Morgan fingerprint density at radius 1 is 0.762 bits per heavy atom. The second-order valence-corrected chi connectivity index (χ2v) is 5.39. The summed E-state index contributed by atoms with van der Waals surface area (Å²) in [5, 5.41) is 0. The molecular weight excluding hydrogens is 254 g/mol. The summed E-state index contributed by atoms with van der Waals surface area (Å²) in [7, 11) is 0. The van der Waals surface area contributed by atoms with E-state index in [0.717, 1.165) is 5.69 Å². The fourth-order valence-corrected chi connectivity index (χ4v) is 2.97. The molecule has 0 saturated heterocycles. The Labute approximate surface area is 124 Å². The molecule has 1 aromatic heterocycles. The molecule has 0 amide bonds. The average Bonchev–Trinajstić information content (AvgIpc) is 2.82. The van der Waals surface area contributed by atoms with Crippen LogP contribution in [0.2, 0.25) is 0 Å². The summed E-state index contributed by atoms with van der Waals surface area (Å²) >= 11 is 0. The van der Waals surface area contributed by atoms with Crippen LogP contribution in [0.4, 0.5) is 0 Å². The molecule has 0 spiro atoms. The van der Waals surface area contributed by atoms with Crippen LogP contribution in [-0.4, -0.2) is 4.98 Å². The Kier molecular flexibility index (Phi) is 2.71. The third kappa shape index (κ3) is 1.98. The second kappa shape index (κ2) is 4.71. The first-order valence-corrected chi connectivity index (χ1v) is 7.16. The van der Waals surface area contributed by atoms with Crippen molar-refractivity contribution in [2.45, 2.75) is 6.92 Å². The fourth-order valence-electron chi connectivity index (χ4n) is 2.97. The van der Waals surface area contributed by atoms with E-state index in [-0.39, 0.29) is 0 Å². The van der Waals surface area contributed by atoms with Gasteiger partial charge in [-0.25, -0.2) is 0 Å². The van der Waals surface area contributed by atoms with Gasteiger partial charge in [-0.05, 0) is 46.9 Å². The van der Waals surface area contributed by atoms with Crippen LogP contribution in [0.3, 0.4) is 0 Å². The molecule has 0 saturated carbocycles. The first-order valence-electron chi connectivity index (χ1n) is 7.16. The van der Waals surface area contributed by atoms with Crippen molar-refractivity contribution in [2.75, 3.05) is 0 Å². The zero-order valence-electron chi connectivity index (χ0n) is 11.9. The summed E-state index contributed by atoms with van der Waals surface area (Å²) < 4.78 is 0. The molecule has 21 heavy (non-hydrogen) atoms. The fraction of sp³-hybridized carbons (Fsp3) is 0.0500. The van der Waals surface area contributed by atoms with Gasteiger partial charge in [0, 0.05) is 17.5 Å². The highest BCUT2D eigenvalue weighted by atomic mass is 14.7. The molecular formula is C20H15N. The minimum atomic E-state index is 1.06. The quantitative estimate of drug-likeness (QED) is 0.476. The number of pyridine rings is 1. The van der Waals surface area contributed by atoms with Crippen molar-refractivity contribution < 1.29 is 0 Å². The molecule has 4 rings (SSSR count). The Balaban J connectivity index is 1.99. The Morgan fingerprint density at radius 3 is 2.29 bits per heavy atom. The lowest BCUT2D eigenvalue weighted by Gasteiger charge is -2.03. The topological polar surface area (TPSA) is 12.9 Å². The van der Waals surface area contributed by atoms with Gasteiger partial charge in [0.1, 0.15) is 0 Å². The van der Waals surface area contributed by atoms with Crippen molar-refractivity contribution in [1.82, 2.24) is 4.98 Å². The SMILES string of the molecule is Cc1cc2c(cn1)C(=Cc1ccccc1)c1ccccc1-2. The Hall–Kier alpha value is -2.67. The molecule has 1 aliphatic carbocycles. The molecule has 0 unspecified atom stereocenters. The molecule has 100 valence electrons. The van der Waals surface area contributed by atoms with E-state index in [2.05, 4.69) is 65.7 Å². The molecule has 0 aliphatic heterocycles. The number of hydrogen-bond donors (Lipinski definition) is 0. The summed E-state index contributed by atoms with van der Waals surface area (Å²) in [6, 6.07) is 21.2. The van der Waals surface area contributed by atoms with Crippen LogP contribution in [0, 0.1) is 6.92 Å². The zero-order chi connectivity index (χ0) is 14.2. The number of aryl methyl sites for hydroxylation is 1. The lowest BCUT2D eigenvalue weighted by atomic mass is 10.0. The van der Waals surface area contributed by atoms with Crippen LogP contribution in [0.5, 0.6) is 0 Å². The molecule has 0 N–H and O–H groups in total. The van der Waals surface area contributed by atoms with Crippen molar-refractivity contribution >= 4 is 11.6 Å². The van der Waals surface area contributed by atoms with Crippen molar-refractivity contribution in [3.8, 4) is 11.1 Å². The number of rotatable bonds is 1. The van der Waals surface area contributed by atoms with Crippen LogP contribution in [0.25, 0.3) is 22.8 Å². The molecule has 1 heteroatoms. The summed E-state index contributed by atoms with van der Waals surface area (Å²) in [5.41, 5.74) is 8.66. The number of fused-ring (bicyclic) bond motifs is 3. The van der Waals surface area contributed by atoms with E-state index in [0.29, 0.717) is 0 Å². The molecule has 0 fully saturated rings. The largest absolute Gasteiger partial charge is 0.261 e. The molecule has 0 bridgehead atoms. The van der Waals surface area contributed by atoms with Gasteiger partial charge in [0.15, 0.2) is 0 Å². The van der Waals surface area contributed by atoms with Gasteiger partial charge >= 0.3 is 0 Å². The van der Waals surface area contributed by atoms with Crippen LogP contribution >= 0.6 is 0 Å². The number of nitrogens with zero attached hydrogens (tertiary/aromatic N) is 1. The van der Waals surface area contributed by atoms with Gasteiger partial charge in [-0.15, -0.1) is 0 Å². The van der Waals surface area contributed by atoms with Gasteiger partial charge in [-0.3, -0.25) is 4.98 Å². The van der Waals surface area contributed by atoms with Crippen LogP contribution in [-0.2, 0) is 0 Å². The maximum absolute atomic E-state index is 4.48. The predicted octanol–water partition coefficient (Wildman–Crippen LogP) is 4.96. The van der Waals surface area contributed by atoms with E-state index in [4.69, 9.17) is 0 Å². The van der Waals surface area contributed by atoms with Crippen molar-refractivity contribution in [3.63, 3.8) is 0 Å². The monoisotopic (exact) mass is 269 g/mol. The average molecular weight is 269 g/mol. The van der Waals surface area contributed by atoms with Gasteiger partial charge in [0.05, 0.1) is 0 Å². The maximum Gasteiger partial charge on any atom is 0.0379 e. The molecule has 0 atom stereocenters. The number of aromatic nitrogens is 1. The number of hydrogen-bond acceptors (Lipinski definition) is 1. The zero-order valence-corrected chi connectivity index (χ0v) is 11.9. The summed E-state index contributed by atoms with van der Waals surface area (Å²) in [6.07, 6.45) is 4.25. The van der Waals surface area contributed by atoms with Crippen molar-refractivity contribution in [3.05, 3.63) is 89.2 Å². The highest BCUT2D eigenvalue weighted by molar-refractivity contribution is 6.06. The van der Waals surface area contributed by atoms with E-state index >= 15 is 0 Å². The molecule has 3 aromatic rings. The molecule has 0 radical (unpaired) electrons. The van der Waals surface area contributed by atoms with Crippen LogP contribution in [0.15, 0.2) is 66.9 Å². The lowest BCUT2D eigenvalue weighted by Crippen LogP contribution is -1.86. The van der Waals surface area contributed by atoms with E-state index in [9.17, 15) is 0 Å². The third-order valence-electron chi connectivity index (χ3n) is 3.95. The van der Waals surface area contributed by atoms with Crippen molar-refractivity contribution in [1.29, 1.82) is 0 Å². The van der Waals surface area contributed by atoms with E-state index in [1.807, 2.05) is 19.2 Å². The van der Waals surface area contributed by atoms with Gasteiger partial charge < -0.3 is 0 Å². The Morgan fingerprint density at radius 2 is 1.48 bits per heavy atom. The summed E-state index contributed by atoms with van der Waals surface area (Å²) in [5.74, 6) is 0. The van der Waals surface area contributed by atoms with E-state index in [1.165, 1.54) is 33.4 Å². The molecule has 1 heterocycles. The molecule has 1 aliphatic rings. The third-order valence-corrected chi connectivity index (χ3v) is 3.95. The highest BCUT2D eigenvalue weighted by Crippen LogP contribution is 2.44. The second-order valence-electron chi connectivity index (χ2n) is 5.39. The maximum atomic E-state index is 4.48. The summed E-state index contributed by atoms with van der Waals surface area (Å²) in [4.78, 5) is 4.48. The lowest BCUT2D eigenvalue weighted by molar-refractivity contribution is 1.20. The first-order chi connectivity index (χ1) is 10.3.